The van der Waals surface area contributed by atoms with Gasteiger partial charge in [0.1, 0.15) is 5.82 Å². The number of hydrogen-bond acceptors (Lipinski definition) is 6. The number of nitrogen functional groups attached to an aromatic ring is 1. The van der Waals surface area contributed by atoms with E-state index >= 15 is 0 Å². The summed E-state index contributed by atoms with van der Waals surface area (Å²) < 4.78 is 43.3. The number of halogens is 1. The van der Waals surface area contributed by atoms with Gasteiger partial charge in [0.05, 0.1) is 11.5 Å². The summed E-state index contributed by atoms with van der Waals surface area (Å²) >= 11 is 0. The number of anilines is 1. The van der Waals surface area contributed by atoms with Crippen molar-refractivity contribution in [3.05, 3.63) is 60.7 Å². The highest BCUT2D eigenvalue weighted by atomic mass is 32.2. The van der Waals surface area contributed by atoms with E-state index in [-0.39, 0.29) is 28.9 Å². The van der Waals surface area contributed by atoms with Crippen molar-refractivity contribution < 1.29 is 17.9 Å². The molecule has 9 heteroatoms. The number of aliphatic hydroxyl groups is 1. The van der Waals surface area contributed by atoms with E-state index in [1.807, 2.05) is 13.8 Å². The van der Waals surface area contributed by atoms with Gasteiger partial charge in [0, 0.05) is 35.1 Å². The summed E-state index contributed by atoms with van der Waals surface area (Å²) in [5.74, 6) is -0.558. The third kappa shape index (κ3) is 4.64. The van der Waals surface area contributed by atoms with Crippen LogP contribution in [0.25, 0.3) is 22.3 Å². The van der Waals surface area contributed by atoms with Gasteiger partial charge in [-0.1, -0.05) is 44.2 Å². The minimum atomic E-state index is -3.94. The predicted molar refractivity (Wildman–Crippen MR) is 113 cm³/mol. The van der Waals surface area contributed by atoms with Crippen molar-refractivity contribution in [1.29, 1.82) is 0 Å². The van der Waals surface area contributed by atoms with E-state index in [4.69, 9.17) is 5.73 Å². The van der Waals surface area contributed by atoms with Crippen molar-refractivity contribution in [2.45, 2.75) is 24.8 Å². The maximum atomic E-state index is 14.8. The molecule has 0 saturated heterocycles. The monoisotopic (exact) mass is 430 g/mol. The number of benzene rings is 2. The Morgan fingerprint density at radius 2 is 1.73 bits per heavy atom. The molecule has 0 unspecified atom stereocenters. The van der Waals surface area contributed by atoms with Gasteiger partial charge in [-0.25, -0.2) is 27.5 Å². The van der Waals surface area contributed by atoms with Crippen molar-refractivity contribution >= 4 is 16.0 Å². The zero-order chi connectivity index (χ0) is 21.9. The van der Waals surface area contributed by atoms with Crippen molar-refractivity contribution in [2.24, 2.45) is 5.92 Å². The first-order chi connectivity index (χ1) is 14.2. The summed E-state index contributed by atoms with van der Waals surface area (Å²) in [5.41, 5.74) is 6.95. The molecule has 1 aromatic heterocycles. The average molecular weight is 431 g/mol. The van der Waals surface area contributed by atoms with Crippen LogP contribution in [0.5, 0.6) is 0 Å². The Labute approximate surface area is 174 Å². The zero-order valence-corrected chi connectivity index (χ0v) is 17.4. The molecule has 0 aliphatic carbocycles. The lowest BCUT2D eigenvalue weighted by Crippen LogP contribution is -2.41. The fraction of sp³-hybridized carbons (Fsp3) is 0.238. The summed E-state index contributed by atoms with van der Waals surface area (Å²) in [4.78, 5) is 7.74. The largest absolute Gasteiger partial charge is 0.395 e. The molecule has 0 bridgehead atoms. The molecule has 3 rings (SSSR count). The Hall–Kier alpha value is -2.88. The van der Waals surface area contributed by atoms with Crippen LogP contribution in [0.2, 0.25) is 0 Å². The maximum Gasteiger partial charge on any atom is 0.241 e. The molecule has 0 aliphatic rings. The highest BCUT2D eigenvalue weighted by molar-refractivity contribution is 7.89. The van der Waals surface area contributed by atoms with E-state index in [1.165, 1.54) is 24.5 Å². The SMILES string of the molecule is CC(C)[C@H](CO)NS(=O)(=O)c1ccccc1-c1ccc(-c2cnc(N)nc2)c(F)c1. The van der Waals surface area contributed by atoms with Crippen LogP contribution in [0.3, 0.4) is 0 Å². The second-order valence-corrected chi connectivity index (χ2v) is 8.86. The van der Waals surface area contributed by atoms with Crippen LogP contribution < -0.4 is 10.5 Å². The first-order valence-electron chi connectivity index (χ1n) is 9.33. The number of nitrogens with zero attached hydrogens (tertiary/aromatic N) is 2. The van der Waals surface area contributed by atoms with Gasteiger partial charge in [-0.2, -0.15) is 0 Å². The number of nitrogens with two attached hydrogens (primary N) is 1. The lowest BCUT2D eigenvalue weighted by Gasteiger charge is -2.21. The first kappa shape index (κ1) is 21.8. The van der Waals surface area contributed by atoms with Crippen LogP contribution in [0.15, 0.2) is 59.8 Å². The standard InChI is InChI=1S/C21H23FN4O3S/c1-13(2)19(12-27)26-30(28,29)20-6-4-3-5-17(20)14-7-8-16(18(22)9-14)15-10-24-21(23)25-11-15/h3-11,13,19,26-27H,12H2,1-2H3,(H2,23,24,25)/t19-/m0/s1. The second-order valence-electron chi connectivity index (χ2n) is 7.18. The zero-order valence-electron chi connectivity index (χ0n) is 16.6. The van der Waals surface area contributed by atoms with E-state index in [0.717, 1.165) is 0 Å². The lowest BCUT2D eigenvalue weighted by molar-refractivity contribution is 0.227. The van der Waals surface area contributed by atoms with Gasteiger partial charge in [-0.3, -0.25) is 0 Å². The number of sulfonamides is 1. The minimum absolute atomic E-state index is 0.00654. The normalized spacial score (nSPS) is 12.8. The third-order valence-corrected chi connectivity index (χ3v) is 6.30. The van der Waals surface area contributed by atoms with Crippen molar-refractivity contribution in [3.63, 3.8) is 0 Å². The van der Waals surface area contributed by atoms with Crippen LogP contribution in [0.1, 0.15) is 13.8 Å². The molecule has 0 radical (unpaired) electrons. The maximum absolute atomic E-state index is 14.8. The minimum Gasteiger partial charge on any atom is -0.395 e. The van der Waals surface area contributed by atoms with Crippen LogP contribution >= 0.6 is 0 Å². The Bertz CT molecular complexity index is 1140. The van der Waals surface area contributed by atoms with Gasteiger partial charge < -0.3 is 10.8 Å². The van der Waals surface area contributed by atoms with Crippen LogP contribution in [0, 0.1) is 11.7 Å². The molecule has 158 valence electrons. The van der Waals surface area contributed by atoms with Gasteiger partial charge in [-0.15, -0.1) is 0 Å². The fourth-order valence-corrected chi connectivity index (χ4v) is 4.59. The molecule has 2 aromatic carbocycles. The molecular weight excluding hydrogens is 407 g/mol. The van der Waals surface area contributed by atoms with Crippen LogP contribution in [-0.2, 0) is 10.0 Å². The highest BCUT2D eigenvalue weighted by Gasteiger charge is 2.25. The number of aromatic nitrogens is 2. The fourth-order valence-electron chi connectivity index (χ4n) is 2.98. The first-order valence-corrected chi connectivity index (χ1v) is 10.8. The molecule has 0 spiro atoms. The van der Waals surface area contributed by atoms with Crippen molar-refractivity contribution in [1.82, 2.24) is 14.7 Å². The topological polar surface area (TPSA) is 118 Å². The smallest absolute Gasteiger partial charge is 0.241 e. The second kappa shape index (κ2) is 8.86. The molecule has 3 aromatic rings. The molecule has 7 nitrogen and oxygen atoms in total. The van der Waals surface area contributed by atoms with Crippen molar-refractivity contribution in [3.8, 4) is 22.3 Å². The Morgan fingerprint density at radius 3 is 2.33 bits per heavy atom. The highest BCUT2D eigenvalue weighted by Crippen LogP contribution is 2.31. The molecular formula is C21H23FN4O3S. The third-order valence-electron chi connectivity index (χ3n) is 4.75. The van der Waals surface area contributed by atoms with E-state index in [9.17, 15) is 17.9 Å². The van der Waals surface area contributed by atoms with E-state index in [0.29, 0.717) is 16.7 Å². The Morgan fingerprint density at radius 1 is 1.07 bits per heavy atom. The lowest BCUT2D eigenvalue weighted by atomic mass is 10.0. The molecule has 1 heterocycles. The summed E-state index contributed by atoms with van der Waals surface area (Å²) in [6, 6.07) is 10.2. The van der Waals surface area contributed by atoms with Gasteiger partial charge >= 0.3 is 0 Å². The van der Waals surface area contributed by atoms with E-state index in [2.05, 4.69) is 14.7 Å². The summed E-state index contributed by atoms with van der Waals surface area (Å²) in [6.45, 7) is 3.29. The molecule has 0 saturated carbocycles. The molecule has 4 N–H and O–H groups in total. The number of aliphatic hydroxyl groups excluding tert-OH is 1. The van der Waals surface area contributed by atoms with Gasteiger partial charge in [0.2, 0.25) is 16.0 Å². The van der Waals surface area contributed by atoms with E-state index < -0.39 is 21.9 Å². The summed E-state index contributed by atoms with van der Waals surface area (Å²) in [5, 5.41) is 9.49. The molecule has 0 amide bonds. The summed E-state index contributed by atoms with van der Waals surface area (Å²) in [7, 11) is -3.94. The van der Waals surface area contributed by atoms with Crippen LogP contribution in [0.4, 0.5) is 10.3 Å². The number of hydrogen-bond donors (Lipinski definition) is 3. The Balaban J connectivity index is 2.01. The summed E-state index contributed by atoms with van der Waals surface area (Å²) in [6.07, 6.45) is 2.84. The average Bonchev–Trinajstić information content (AvgIpc) is 2.72. The van der Waals surface area contributed by atoms with Crippen molar-refractivity contribution in [2.75, 3.05) is 12.3 Å². The number of rotatable bonds is 7. The van der Waals surface area contributed by atoms with Crippen LogP contribution in [-0.4, -0.2) is 36.1 Å². The molecule has 0 fully saturated rings. The quantitative estimate of drug-likeness (QED) is 0.530. The number of nitrogens with one attached hydrogen (secondary N) is 1. The van der Waals surface area contributed by atoms with Gasteiger partial charge in [-0.05, 0) is 23.6 Å². The Kier molecular flexibility index (Phi) is 6.45. The molecule has 30 heavy (non-hydrogen) atoms. The van der Waals surface area contributed by atoms with E-state index in [1.54, 1.807) is 30.3 Å². The van der Waals surface area contributed by atoms with Gasteiger partial charge in [0.25, 0.3) is 0 Å². The molecule has 0 aliphatic heterocycles. The predicted octanol–water partition coefficient (Wildman–Crippen LogP) is 2.83. The molecule has 1 atom stereocenters. The van der Waals surface area contributed by atoms with Gasteiger partial charge in [0.15, 0.2) is 0 Å².